The second-order valence-electron chi connectivity index (χ2n) is 4.43. The first-order valence-electron chi connectivity index (χ1n) is 6.52. The molecule has 0 radical (unpaired) electrons. The van der Waals surface area contributed by atoms with Gasteiger partial charge in [-0.25, -0.2) is 0 Å². The van der Waals surface area contributed by atoms with Crippen molar-refractivity contribution in [1.29, 1.82) is 0 Å². The monoisotopic (exact) mass is 345 g/mol. The number of ether oxygens (including phenoxy) is 1. The fourth-order valence-electron chi connectivity index (χ4n) is 1.77. The Hall–Kier alpha value is -2.07. The number of halogens is 1. The van der Waals surface area contributed by atoms with Crippen LogP contribution in [0.2, 0.25) is 0 Å². The number of hydrogen-bond acceptors (Lipinski definition) is 3. The minimum atomic E-state index is -0.0234. The quantitative estimate of drug-likeness (QED) is 0.636. The third-order valence-corrected chi connectivity index (χ3v) is 3.48. The van der Waals surface area contributed by atoms with E-state index in [-0.39, 0.29) is 5.78 Å². The molecule has 3 nitrogen and oxygen atoms in total. The van der Waals surface area contributed by atoms with E-state index >= 15 is 0 Å². The summed E-state index contributed by atoms with van der Waals surface area (Å²) in [6.45, 7) is 0.661. The van der Waals surface area contributed by atoms with Crippen LogP contribution in [0, 0.1) is 0 Å². The molecule has 0 aliphatic heterocycles. The summed E-state index contributed by atoms with van der Waals surface area (Å²) in [4.78, 5) is 11.9. The van der Waals surface area contributed by atoms with E-state index in [1.54, 1.807) is 25.4 Å². The highest BCUT2D eigenvalue weighted by atomic mass is 79.9. The summed E-state index contributed by atoms with van der Waals surface area (Å²) < 4.78 is 6.06. The van der Waals surface area contributed by atoms with Crippen molar-refractivity contribution in [2.75, 3.05) is 7.11 Å². The fraction of sp³-hybridized carbons (Fsp3) is 0.118. The van der Waals surface area contributed by atoms with Gasteiger partial charge < -0.3 is 10.1 Å². The van der Waals surface area contributed by atoms with Gasteiger partial charge in [0.05, 0.1) is 7.11 Å². The normalized spacial score (nSPS) is 10.6. The van der Waals surface area contributed by atoms with Gasteiger partial charge in [-0.1, -0.05) is 28.1 Å². The van der Waals surface area contributed by atoms with E-state index in [1.807, 2.05) is 36.4 Å². The van der Waals surface area contributed by atoms with Gasteiger partial charge in [-0.15, -0.1) is 0 Å². The average Bonchev–Trinajstić information content (AvgIpc) is 2.52. The van der Waals surface area contributed by atoms with Crippen molar-refractivity contribution in [3.63, 3.8) is 0 Å². The molecule has 0 atom stereocenters. The minimum Gasteiger partial charge on any atom is -0.497 e. The Morgan fingerprint density at radius 1 is 1.14 bits per heavy atom. The van der Waals surface area contributed by atoms with Gasteiger partial charge in [0.1, 0.15) is 5.75 Å². The largest absolute Gasteiger partial charge is 0.497 e. The molecule has 0 spiro atoms. The highest BCUT2D eigenvalue weighted by molar-refractivity contribution is 9.10. The highest BCUT2D eigenvalue weighted by Crippen LogP contribution is 2.12. The minimum absolute atomic E-state index is 0.0234. The van der Waals surface area contributed by atoms with E-state index in [2.05, 4.69) is 21.2 Å². The predicted molar refractivity (Wildman–Crippen MR) is 87.4 cm³/mol. The van der Waals surface area contributed by atoms with Crippen LogP contribution in [0.1, 0.15) is 15.9 Å². The number of methoxy groups -OCH3 is 1. The molecule has 0 aromatic heterocycles. The highest BCUT2D eigenvalue weighted by Gasteiger charge is 2.00. The molecule has 21 heavy (non-hydrogen) atoms. The molecule has 0 saturated carbocycles. The number of nitrogens with one attached hydrogen (secondary N) is 1. The van der Waals surface area contributed by atoms with Gasteiger partial charge in [0.15, 0.2) is 5.78 Å². The molecule has 2 aromatic carbocycles. The first-order chi connectivity index (χ1) is 10.2. The fourth-order valence-corrected chi connectivity index (χ4v) is 2.03. The summed E-state index contributed by atoms with van der Waals surface area (Å²) in [5.74, 6) is 0.810. The van der Waals surface area contributed by atoms with Crippen LogP contribution in [0.5, 0.6) is 5.75 Å². The van der Waals surface area contributed by atoms with Gasteiger partial charge in [-0.2, -0.15) is 0 Å². The summed E-state index contributed by atoms with van der Waals surface area (Å²) >= 11 is 3.34. The zero-order valence-corrected chi connectivity index (χ0v) is 13.3. The Kier molecular flexibility index (Phi) is 5.58. The van der Waals surface area contributed by atoms with Gasteiger partial charge >= 0.3 is 0 Å². The standard InChI is InChI=1S/C17H16BrNO2/c1-21-16-8-2-13(3-9-16)12-19-11-10-17(20)14-4-6-15(18)7-5-14/h2-11,19H,12H2,1H3/b11-10+. The summed E-state index contributed by atoms with van der Waals surface area (Å²) in [7, 11) is 1.64. The SMILES string of the molecule is COc1ccc(CN/C=C/C(=O)c2ccc(Br)cc2)cc1. The van der Waals surface area contributed by atoms with E-state index in [4.69, 9.17) is 4.74 Å². The van der Waals surface area contributed by atoms with Crippen molar-refractivity contribution in [2.24, 2.45) is 0 Å². The van der Waals surface area contributed by atoms with Gasteiger partial charge in [0.2, 0.25) is 0 Å². The van der Waals surface area contributed by atoms with Crippen molar-refractivity contribution >= 4 is 21.7 Å². The molecule has 0 aliphatic carbocycles. The van der Waals surface area contributed by atoms with E-state index in [9.17, 15) is 4.79 Å². The van der Waals surface area contributed by atoms with E-state index in [1.165, 1.54) is 6.08 Å². The topological polar surface area (TPSA) is 38.3 Å². The lowest BCUT2D eigenvalue weighted by Gasteiger charge is -2.03. The number of hydrogen-bond donors (Lipinski definition) is 1. The Balaban J connectivity index is 1.84. The van der Waals surface area contributed by atoms with Crippen LogP contribution in [0.4, 0.5) is 0 Å². The van der Waals surface area contributed by atoms with Crippen molar-refractivity contribution in [2.45, 2.75) is 6.54 Å². The number of rotatable bonds is 6. The lowest BCUT2D eigenvalue weighted by atomic mass is 10.1. The molecule has 0 saturated heterocycles. The summed E-state index contributed by atoms with van der Waals surface area (Å²) in [6, 6.07) is 15.1. The smallest absolute Gasteiger partial charge is 0.187 e. The maximum absolute atomic E-state index is 11.9. The van der Waals surface area contributed by atoms with Crippen LogP contribution in [-0.4, -0.2) is 12.9 Å². The molecule has 0 bridgehead atoms. The van der Waals surface area contributed by atoms with Crippen LogP contribution in [0.3, 0.4) is 0 Å². The van der Waals surface area contributed by atoms with Crippen molar-refractivity contribution in [1.82, 2.24) is 5.32 Å². The van der Waals surface area contributed by atoms with Crippen LogP contribution in [0.25, 0.3) is 0 Å². The Labute approximate surface area is 132 Å². The number of carbonyl (C=O) groups is 1. The predicted octanol–water partition coefficient (Wildman–Crippen LogP) is 3.94. The maximum Gasteiger partial charge on any atom is 0.187 e. The number of ketones is 1. The molecule has 0 unspecified atom stereocenters. The van der Waals surface area contributed by atoms with Crippen molar-refractivity contribution in [3.8, 4) is 5.75 Å². The summed E-state index contributed by atoms with van der Waals surface area (Å²) in [5.41, 5.74) is 1.79. The molecule has 108 valence electrons. The molecule has 2 rings (SSSR count). The Bertz CT molecular complexity index is 618. The molecule has 0 amide bonds. The van der Waals surface area contributed by atoms with Crippen molar-refractivity contribution in [3.05, 3.63) is 76.4 Å². The Morgan fingerprint density at radius 2 is 1.81 bits per heavy atom. The molecule has 4 heteroatoms. The maximum atomic E-state index is 11.9. The summed E-state index contributed by atoms with van der Waals surface area (Å²) in [5, 5.41) is 3.10. The average molecular weight is 346 g/mol. The third-order valence-electron chi connectivity index (χ3n) is 2.95. The lowest BCUT2D eigenvalue weighted by Crippen LogP contribution is -2.05. The molecule has 0 heterocycles. The van der Waals surface area contributed by atoms with Crippen LogP contribution >= 0.6 is 15.9 Å². The van der Waals surface area contributed by atoms with Crippen molar-refractivity contribution < 1.29 is 9.53 Å². The molecule has 0 aliphatic rings. The zero-order chi connectivity index (χ0) is 15.1. The van der Waals surface area contributed by atoms with Gasteiger partial charge in [-0.05, 0) is 42.0 Å². The van der Waals surface area contributed by atoms with Gasteiger partial charge in [0.25, 0.3) is 0 Å². The van der Waals surface area contributed by atoms with Gasteiger partial charge in [-0.3, -0.25) is 4.79 Å². The van der Waals surface area contributed by atoms with E-state index in [0.717, 1.165) is 15.8 Å². The van der Waals surface area contributed by atoms with E-state index in [0.29, 0.717) is 12.1 Å². The lowest BCUT2D eigenvalue weighted by molar-refractivity contribution is 0.104. The number of allylic oxidation sites excluding steroid dienone is 1. The van der Waals surface area contributed by atoms with Crippen LogP contribution in [0.15, 0.2) is 65.3 Å². The van der Waals surface area contributed by atoms with Crippen LogP contribution < -0.4 is 10.1 Å². The summed E-state index contributed by atoms with van der Waals surface area (Å²) in [6.07, 6.45) is 3.21. The van der Waals surface area contributed by atoms with Crippen LogP contribution in [-0.2, 0) is 6.54 Å². The number of carbonyl (C=O) groups excluding carboxylic acids is 1. The third kappa shape index (κ3) is 4.76. The van der Waals surface area contributed by atoms with E-state index < -0.39 is 0 Å². The van der Waals surface area contributed by atoms with Gasteiger partial charge in [0, 0.05) is 28.9 Å². The molecule has 0 fully saturated rings. The zero-order valence-electron chi connectivity index (χ0n) is 11.7. The second kappa shape index (κ2) is 7.64. The molecule has 1 N–H and O–H groups in total. The molecular weight excluding hydrogens is 330 g/mol. The second-order valence-corrected chi connectivity index (χ2v) is 5.35. The number of benzene rings is 2. The molecule has 2 aromatic rings. The first kappa shape index (κ1) is 15.3. The molecular formula is C17H16BrNO2. The first-order valence-corrected chi connectivity index (χ1v) is 7.31. The Morgan fingerprint density at radius 3 is 2.43 bits per heavy atom.